The van der Waals surface area contributed by atoms with E-state index in [0.29, 0.717) is 21.5 Å². The lowest BCUT2D eigenvalue weighted by atomic mass is 9.94. The van der Waals surface area contributed by atoms with Gasteiger partial charge >= 0.3 is 0 Å². The van der Waals surface area contributed by atoms with E-state index in [1.54, 1.807) is 12.1 Å². The van der Waals surface area contributed by atoms with Gasteiger partial charge in [-0.05, 0) is 59.5 Å². The fourth-order valence-corrected chi connectivity index (χ4v) is 3.31. The number of fused-ring (bicyclic) bond motifs is 1. The molecule has 0 aliphatic rings. The lowest BCUT2D eigenvalue weighted by Crippen LogP contribution is -2.10. The first-order chi connectivity index (χ1) is 12.5. The molecular formula is C22H16ClNO2. The quantitative estimate of drug-likeness (QED) is 0.493. The molecule has 0 spiro atoms. The van der Waals surface area contributed by atoms with Gasteiger partial charge < -0.3 is 10.1 Å². The number of rotatable bonds is 2. The number of aromatic hydroxyl groups is 1. The number of aryl methyl sites for hydroxylation is 1. The number of hydrogen-bond acceptors (Lipinski definition) is 2. The van der Waals surface area contributed by atoms with Gasteiger partial charge in [0.15, 0.2) is 0 Å². The second-order valence-corrected chi connectivity index (χ2v) is 6.70. The lowest BCUT2D eigenvalue weighted by Gasteiger charge is -2.12. The van der Waals surface area contributed by atoms with E-state index in [2.05, 4.69) is 4.98 Å². The highest BCUT2D eigenvalue weighted by atomic mass is 35.5. The first kappa shape index (κ1) is 16.4. The molecule has 0 atom stereocenters. The zero-order valence-corrected chi connectivity index (χ0v) is 14.8. The standard InChI is InChI=1S/C22H16ClNO2/c1-13-6-7-15(14-8-10-16(23)11-9-14)12-18(13)20-21(25)17-4-2-3-5-19(17)24-22(20)26/h2-12H,1H3,(H2,24,25,26). The zero-order chi connectivity index (χ0) is 18.3. The van der Waals surface area contributed by atoms with E-state index < -0.39 is 0 Å². The summed E-state index contributed by atoms with van der Waals surface area (Å²) in [6.07, 6.45) is 0. The van der Waals surface area contributed by atoms with Gasteiger partial charge in [-0.1, -0.05) is 48.0 Å². The van der Waals surface area contributed by atoms with E-state index in [4.69, 9.17) is 11.6 Å². The molecule has 1 heterocycles. The van der Waals surface area contributed by atoms with Gasteiger partial charge in [-0.15, -0.1) is 0 Å². The van der Waals surface area contributed by atoms with Crippen LogP contribution < -0.4 is 5.56 Å². The van der Waals surface area contributed by atoms with Crippen LogP contribution in [0.3, 0.4) is 0 Å². The molecule has 0 saturated carbocycles. The van der Waals surface area contributed by atoms with Gasteiger partial charge in [0.05, 0.1) is 11.1 Å². The third-order valence-corrected chi connectivity index (χ3v) is 4.83. The maximum Gasteiger partial charge on any atom is 0.260 e. The SMILES string of the molecule is Cc1ccc(-c2ccc(Cl)cc2)cc1-c1c(O)c2ccccc2[nH]c1=O. The van der Waals surface area contributed by atoms with Crippen LogP contribution in [0.1, 0.15) is 5.56 Å². The molecule has 4 heteroatoms. The third-order valence-electron chi connectivity index (χ3n) is 4.58. The summed E-state index contributed by atoms with van der Waals surface area (Å²) in [5.41, 5.74) is 4.17. The van der Waals surface area contributed by atoms with E-state index in [1.807, 2.05) is 61.5 Å². The molecule has 0 unspecified atom stereocenters. The average Bonchev–Trinajstić information content (AvgIpc) is 2.64. The van der Waals surface area contributed by atoms with Crippen molar-refractivity contribution in [1.29, 1.82) is 0 Å². The molecule has 128 valence electrons. The van der Waals surface area contributed by atoms with Gasteiger partial charge in [0.25, 0.3) is 5.56 Å². The normalized spacial score (nSPS) is 11.0. The minimum atomic E-state index is -0.308. The number of pyridine rings is 1. The van der Waals surface area contributed by atoms with Crippen LogP contribution in [0.4, 0.5) is 0 Å². The van der Waals surface area contributed by atoms with Crippen LogP contribution >= 0.6 is 11.6 Å². The maximum absolute atomic E-state index is 12.7. The molecule has 0 saturated heterocycles. The molecule has 0 aliphatic heterocycles. The highest BCUT2D eigenvalue weighted by Gasteiger charge is 2.16. The molecule has 0 amide bonds. The summed E-state index contributed by atoms with van der Waals surface area (Å²) in [7, 11) is 0. The third kappa shape index (κ3) is 2.76. The number of benzene rings is 3. The van der Waals surface area contributed by atoms with E-state index in [-0.39, 0.29) is 16.9 Å². The molecule has 3 aromatic carbocycles. The van der Waals surface area contributed by atoms with Crippen molar-refractivity contribution < 1.29 is 5.11 Å². The molecule has 26 heavy (non-hydrogen) atoms. The smallest absolute Gasteiger partial charge is 0.260 e. The van der Waals surface area contributed by atoms with Crippen LogP contribution in [0.2, 0.25) is 5.02 Å². The Morgan fingerprint density at radius 3 is 2.38 bits per heavy atom. The Bertz CT molecular complexity index is 1180. The largest absolute Gasteiger partial charge is 0.506 e. The molecular weight excluding hydrogens is 346 g/mol. The van der Waals surface area contributed by atoms with Crippen molar-refractivity contribution >= 4 is 22.5 Å². The van der Waals surface area contributed by atoms with Crippen LogP contribution in [-0.2, 0) is 0 Å². The van der Waals surface area contributed by atoms with Crippen LogP contribution in [0, 0.1) is 6.92 Å². The van der Waals surface area contributed by atoms with Gasteiger partial charge in [-0.2, -0.15) is 0 Å². The summed E-state index contributed by atoms with van der Waals surface area (Å²) in [5, 5.41) is 12.1. The molecule has 0 radical (unpaired) electrons. The predicted octanol–water partition coefficient (Wildman–Crippen LogP) is 5.53. The Kier molecular flexibility index (Phi) is 4.02. The Morgan fingerprint density at radius 1 is 0.923 bits per heavy atom. The highest BCUT2D eigenvalue weighted by Crippen LogP contribution is 2.35. The number of nitrogens with one attached hydrogen (secondary N) is 1. The van der Waals surface area contributed by atoms with Crippen LogP contribution in [0.5, 0.6) is 5.75 Å². The van der Waals surface area contributed by atoms with Crippen LogP contribution in [0.15, 0.2) is 71.5 Å². The number of aromatic nitrogens is 1. The van der Waals surface area contributed by atoms with Gasteiger partial charge in [-0.25, -0.2) is 0 Å². The lowest BCUT2D eigenvalue weighted by molar-refractivity contribution is 0.482. The number of para-hydroxylation sites is 1. The van der Waals surface area contributed by atoms with Gasteiger partial charge in [0.1, 0.15) is 5.75 Å². The number of halogens is 1. The average molecular weight is 362 g/mol. The monoisotopic (exact) mass is 361 g/mol. The van der Waals surface area contributed by atoms with Crippen molar-refractivity contribution in [1.82, 2.24) is 4.98 Å². The number of aromatic amines is 1. The van der Waals surface area contributed by atoms with Gasteiger partial charge in [0.2, 0.25) is 0 Å². The molecule has 4 rings (SSSR count). The van der Waals surface area contributed by atoms with Gasteiger partial charge in [-0.3, -0.25) is 4.79 Å². The Balaban J connectivity index is 1.96. The molecule has 0 bridgehead atoms. The molecule has 2 N–H and O–H groups in total. The van der Waals surface area contributed by atoms with E-state index in [1.165, 1.54) is 0 Å². The predicted molar refractivity (Wildman–Crippen MR) is 107 cm³/mol. The summed E-state index contributed by atoms with van der Waals surface area (Å²) in [6.45, 7) is 1.93. The van der Waals surface area contributed by atoms with Crippen molar-refractivity contribution in [3.8, 4) is 28.0 Å². The van der Waals surface area contributed by atoms with Crippen LogP contribution in [-0.4, -0.2) is 10.1 Å². The molecule has 3 nitrogen and oxygen atoms in total. The molecule has 0 aliphatic carbocycles. The van der Waals surface area contributed by atoms with E-state index in [0.717, 1.165) is 16.7 Å². The van der Waals surface area contributed by atoms with Gasteiger partial charge in [0, 0.05) is 10.4 Å². The minimum Gasteiger partial charge on any atom is -0.506 e. The van der Waals surface area contributed by atoms with Crippen LogP contribution in [0.25, 0.3) is 33.2 Å². The Morgan fingerprint density at radius 2 is 1.62 bits per heavy atom. The first-order valence-electron chi connectivity index (χ1n) is 8.25. The summed E-state index contributed by atoms with van der Waals surface area (Å²) in [6, 6.07) is 20.6. The second-order valence-electron chi connectivity index (χ2n) is 6.26. The summed E-state index contributed by atoms with van der Waals surface area (Å²) < 4.78 is 0. The second kappa shape index (κ2) is 6.36. The summed E-state index contributed by atoms with van der Waals surface area (Å²) in [4.78, 5) is 15.5. The number of H-pyrrole nitrogens is 1. The summed E-state index contributed by atoms with van der Waals surface area (Å²) in [5.74, 6) is 0.000654. The topological polar surface area (TPSA) is 53.1 Å². The molecule has 4 aromatic rings. The fraction of sp³-hybridized carbons (Fsp3) is 0.0455. The van der Waals surface area contributed by atoms with E-state index >= 15 is 0 Å². The van der Waals surface area contributed by atoms with Crippen molar-refractivity contribution in [2.24, 2.45) is 0 Å². The summed E-state index contributed by atoms with van der Waals surface area (Å²) >= 11 is 5.97. The van der Waals surface area contributed by atoms with Crippen molar-refractivity contribution in [3.05, 3.63) is 87.7 Å². The van der Waals surface area contributed by atoms with E-state index in [9.17, 15) is 9.90 Å². The Hall–Kier alpha value is -3.04. The van der Waals surface area contributed by atoms with Crippen molar-refractivity contribution in [2.45, 2.75) is 6.92 Å². The zero-order valence-electron chi connectivity index (χ0n) is 14.1. The molecule has 0 fully saturated rings. The molecule has 1 aromatic heterocycles. The van der Waals surface area contributed by atoms with Crippen molar-refractivity contribution in [2.75, 3.05) is 0 Å². The first-order valence-corrected chi connectivity index (χ1v) is 8.63. The number of hydrogen-bond donors (Lipinski definition) is 2. The highest BCUT2D eigenvalue weighted by molar-refractivity contribution is 6.30. The maximum atomic E-state index is 12.7. The fourth-order valence-electron chi connectivity index (χ4n) is 3.19. The van der Waals surface area contributed by atoms with Crippen molar-refractivity contribution in [3.63, 3.8) is 0 Å². The Labute approximate surface area is 155 Å². The minimum absolute atomic E-state index is 0.000654.